The van der Waals surface area contributed by atoms with Crippen LogP contribution in [0.15, 0.2) is 46.7 Å². The van der Waals surface area contributed by atoms with Gasteiger partial charge in [0.25, 0.3) is 5.56 Å². The third-order valence-electron chi connectivity index (χ3n) is 3.21. The number of rotatable bonds is 4. The molecule has 3 aromatic rings. The molecule has 108 valence electrons. The van der Waals surface area contributed by atoms with Crippen LogP contribution < -0.4 is 10.9 Å². The summed E-state index contributed by atoms with van der Waals surface area (Å²) in [5.41, 5.74) is 1.81. The van der Waals surface area contributed by atoms with Gasteiger partial charge in [0.05, 0.1) is 18.4 Å². The van der Waals surface area contributed by atoms with Gasteiger partial charge in [-0.1, -0.05) is 18.2 Å². The molecule has 0 amide bonds. The minimum absolute atomic E-state index is 0.0871. The lowest BCUT2D eigenvalue weighted by Gasteiger charge is -2.10. The molecule has 0 atom stereocenters. The summed E-state index contributed by atoms with van der Waals surface area (Å²) in [6.07, 6.45) is 1.70. The number of nitrogens with zero attached hydrogens (tertiary/aromatic N) is 2. The second-order valence-electron chi connectivity index (χ2n) is 5.30. The van der Waals surface area contributed by atoms with E-state index in [4.69, 9.17) is 0 Å². The monoisotopic (exact) mass is 299 g/mol. The number of hydrogen-bond acceptors (Lipinski definition) is 4. The minimum atomic E-state index is -0.0871. The highest BCUT2D eigenvalue weighted by Gasteiger charge is 2.07. The highest BCUT2D eigenvalue weighted by Crippen LogP contribution is 2.25. The van der Waals surface area contributed by atoms with Crippen LogP contribution in [0.4, 0.5) is 5.69 Å². The van der Waals surface area contributed by atoms with E-state index < -0.39 is 0 Å². The Morgan fingerprint density at radius 3 is 2.90 bits per heavy atom. The van der Waals surface area contributed by atoms with Gasteiger partial charge in [-0.2, -0.15) is 5.10 Å². The smallest absolute Gasteiger partial charge is 0.269 e. The molecule has 0 radical (unpaired) electrons. The van der Waals surface area contributed by atoms with Crippen LogP contribution in [0.1, 0.15) is 19.4 Å². The standard InChI is InChI=1S/C16H17N3OS/c1-11(2)18-13-7-16(20)19(17-8-13)9-12-10-21-15-6-4-3-5-14(12)15/h3-8,10-11,18H,9H2,1-2H3. The molecule has 1 aromatic carbocycles. The summed E-state index contributed by atoms with van der Waals surface area (Å²) < 4.78 is 2.73. The topological polar surface area (TPSA) is 46.9 Å². The van der Waals surface area contributed by atoms with Crippen molar-refractivity contribution in [2.75, 3.05) is 5.32 Å². The van der Waals surface area contributed by atoms with Crippen molar-refractivity contribution in [1.29, 1.82) is 0 Å². The van der Waals surface area contributed by atoms with Gasteiger partial charge in [0.15, 0.2) is 0 Å². The fourth-order valence-electron chi connectivity index (χ4n) is 2.28. The maximum absolute atomic E-state index is 12.1. The summed E-state index contributed by atoms with van der Waals surface area (Å²) in [6, 6.07) is 10.1. The Hall–Kier alpha value is -2.14. The Bertz CT molecular complexity index is 820. The van der Waals surface area contributed by atoms with Crippen molar-refractivity contribution in [1.82, 2.24) is 9.78 Å². The van der Waals surface area contributed by atoms with E-state index in [-0.39, 0.29) is 11.6 Å². The normalized spacial score (nSPS) is 11.2. The predicted molar refractivity (Wildman–Crippen MR) is 88.2 cm³/mol. The van der Waals surface area contributed by atoms with Crippen molar-refractivity contribution in [2.45, 2.75) is 26.4 Å². The largest absolute Gasteiger partial charge is 0.381 e. The molecule has 0 aliphatic heterocycles. The van der Waals surface area contributed by atoms with Gasteiger partial charge < -0.3 is 5.32 Å². The van der Waals surface area contributed by atoms with Gasteiger partial charge in [-0.15, -0.1) is 11.3 Å². The van der Waals surface area contributed by atoms with Gasteiger partial charge in [-0.3, -0.25) is 4.79 Å². The van der Waals surface area contributed by atoms with Crippen LogP contribution >= 0.6 is 11.3 Å². The number of hydrogen-bond donors (Lipinski definition) is 1. The summed E-state index contributed by atoms with van der Waals surface area (Å²) >= 11 is 1.70. The molecule has 0 bridgehead atoms. The van der Waals surface area contributed by atoms with Crippen molar-refractivity contribution >= 4 is 27.1 Å². The second-order valence-corrected chi connectivity index (χ2v) is 6.21. The molecule has 0 saturated heterocycles. The summed E-state index contributed by atoms with van der Waals surface area (Å²) in [5.74, 6) is 0. The molecule has 1 N–H and O–H groups in total. The van der Waals surface area contributed by atoms with Crippen molar-refractivity contribution in [3.05, 3.63) is 57.8 Å². The third kappa shape index (κ3) is 2.97. The molecule has 0 fully saturated rings. The Balaban J connectivity index is 1.90. The first-order valence-electron chi connectivity index (χ1n) is 6.92. The third-order valence-corrected chi connectivity index (χ3v) is 4.22. The van der Waals surface area contributed by atoms with E-state index in [1.807, 2.05) is 26.0 Å². The van der Waals surface area contributed by atoms with Crippen molar-refractivity contribution in [2.24, 2.45) is 0 Å². The maximum Gasteiger partial charge on any atom is 0.269 e. The number of anilines is 1. The molecule has 5 heteroatoms. The molecule has 21 heavy (non-hydrogen) atoms. The molecule has 3 rings (SSSR count). The molecular formula is C16H17N3OS. The molecule has 4 nitrogen and oxygen atoms in total. The SMILES string of the molecule is CC(C)Nc1cnn(Cc2csc3ccccc23)c(=O)c1. The zero-order valence-electron chi connectivity index (χ0n) is 12.0. The van der Waals surface area contributed by atoms with Crippen LogP contribution in [0.5, 0.6) is 0 Å². The molecule has 0 aliphatic carbocycles. The summed E-state index contributed by atoms with van der Waals surface area (Å²) in [7, 11) is 0. The Morgan fingerprint density at radius 1 is 1.33 bits per heavy atom. The van der Waals surface area contributed by atoms with Gasteiger partial charge in [0.1, 0.15) is 0 Å². The van der Waals surface area contributed by atoms with Gasteiger partial charge in [-0.05, 0) is 36.2 Å². The van der Waals surface area contributed by atoms with E-state index in [1.54, 1.807) is 23.6 Å². The molecule has 0 saturated carbocycles. The molecule has 2 aromatic heterocycles. The highest BCUT2D eigenvalue weighted by atomic mass is 32.1. The second kappa shape index (κ2) is 5.69. The van der Waals surface area contributed by atoms with Crippen LogP contribution in [-0.4, -0.2) is 15.8 Å². The average Bonchev–Trinajstić information content (AvgIpc) is 2.85. The fraction of sp³-hybridized carbons (Fsp3) is 0.250. The first-order valence-corrected chi connectivity index (χ1v) is 7.80. The van der Waals surface area contributed by atoms with Gasteiger partial charge in [0, 0.05) is 16.8 Å². The summed E-state index contributed by atoms with van der Waals surface area (Å²) in [4.78, 5) is 12.1. The van der Waals surface area contributed by atoms with Crippen LogP contribution in [0.25, 0.3) is 10.1 Å². The highest BCUT2D eigenvalue weighted by molar-refractivity contribution is 7.17. The molecule has 2 heterocycles. The van der Waals surface area contributed by atoms with E-state index >= 15 is 0 Å². The zero-order valence-corrected chi connectivity index (χ0v) is 12.9. The van der Waals surface area contributed by atoms with E-state index in [9.17, 15) is 4.79 Å². The molecule has 0 aliphatic rings. The summed E-state index contributed by atoms with van der Waals surface area (Å²) in [6.45, 7) is 4.57. The number of nitrogens with one attached hydrogen (secondary N) is 1. The molecular weight excluding hydrogens is 282 g/mol. The Labute approximate surface area is 127 Å². The number of thiophene rings is 1. The van der Waals surface area contributed by atoms with Crippen LogP contribution in [-0.2, 0) is 6.54 Å². The lowest BCUT2D eigenvalue weighted by atomic mass is 10.2. The molecule has 0 unspecified atom stereocenters. The Kier molecular flexibility index (Phi) is 3.75. The van der Waals surface area contributed by atoms with Crippen molar-refractivity contribution < 1.29 is 0 Å². The van der Waals surface area contributed by atoms with E-state index in [0.29, 0.717) is 6.54 Å². The zero-order chi connectivity index (χ0) is 14.8. The average molecular weight is 299 g/mol. The maximum atomic E-state index is 12.1. The number of aromatic nitrogens is 2. The quantitative estimate of drug-likeness (QED) is 0.804. The number of fused-ring (bicyclic) bond motifs is 1. The van der Waals surface area contributed by atoms with E-state index in [0.717, 1.165) is 11.3 Å². The lowest BCUT2D eigenvalue weighted by Crippen LogP contribution is -2.24. The van der Waals surface area contributed by atoms with Crippen molar-refractivity contribution in [3.8, 4) is 0 Å². The fourth-order valence-corrected chi connectivity index (χ4v) is 3.24. The lowest BCUT2D eigenvalue weighted by molar-refractivity contribution is 0.642. The molecule has 0 spiro atoms. The predicted octanol–water partition coefficient (Wildman–Crippen LogP) is 3.33. The first kappa shape index (κ1) is 13.8. The first-order chi connectivity index (χ1) is 10.1. The van der Waals surface area contributed by atoms with Crippen LogP contribution in [0.3, 0.4) is 0 Å². The van der Waals surface area contributed by atoms with Crippen molar-refractivity contribution in [3.63, 3.8) is 0 Å². The van der Waals surface area contributed by atoms with E-state index in [1.165, 1.54) is 14.8 Å². The van der Waals surface area contributed by atoms with Crippen LogP contribution in [0.2, 0.25) is 0 Å². The Morgan fingerprint density at radius 2 is 2.14 bits per heavy atom. The van der Waals surface area contributed by atoms with E-state index in [2.05, 4.69) is 27.9 Å². The number of benzene rings is 1. The van der Waals surface area contributed by atoms with Gasteiger partial charge in [0.2, 0.25) is 0 Å². The van der Waals surface area contributed by atoms with Gasteiger partial charge >= 0.3 is 0 Å². The minimum Gasteiger partial charge on any atom is -0.381 e. The van der Waals surface area contributed by atoms with Crippen LogP contribution in [0, 0.1) is 0 Å². The van der Waals surface area contributed by atoms with Gasteiger partial charge in [-0.25, -0.2) is 4.68 Å². The summed E-state index contributed by atoms with van der Waals surface area (Å²) in [5, 5.41) is 10.7.